The van der Waals surface area contributed by atoms with E-state index in [9.17, 15) is 4.79 Å². The lowest BCUT2D eigenvalue weighted by Crippen LogP contribution is -2.28. The molecule has 3 aromatic rings. The Morgan fingerprint density at radius 1 is 1.19 bits per heavy atom. The lowest BCUT2D eigenvalue weighted by Gasteiger charge is -2.14. The molecule has 0 aliphatic carbocycles. The van der Waals surface area contributed by atoms with E-state index in [-0.39, 0.29) is 17.7 Å². The quantitative estimate of drug-likeness (QED) is 0.609. The third-order valence-electron chi connectivity index (χ3n) is 4.11. The van der Waals surface area contributed by atoms with Crippen molar-refractivity contribution in [2.75, 3.05) is 5.75 Å². The molecule has 8 heteroatoms. The van der Waals surface area contributed by atoms with Crippen molar-refractivity contribution in [2.24, 2.45) is 0 Å². The van der Waals surface area contributed by atoms with Gasteiger partial charge >= 0.3 is 0 Å². The number of carbonyl (C=O) groups is 1. The SMILES string of the molecule is CCc1ccc([C@@H](C)NC(=O)CSc2nnnn2-c2ccc(Cl)cc2)cc1. The van der Waals surface area contributed by atoms with Gasteiger partial charge in [-0.15, -0.1) is 5.10 Å². The van der Waals surface area contributed by atoms with E-state index in [1.165, 1.54) is 17.3 Å². The fourth-order valence-corrected chi connectivity index (χ4v) is 3.38. The number of amides is 1. The molecule has 0 fully saturated rings. The number of carbonyl (C=O) groups excluding carboxylic acids is 1. The normalized spacial score (nSPS) is 12.0. The Balaban J connectivity index is 1.58. The summed E-state index contributed by atoms with van der Waals surface area (Å²) in [7, 11) is 0. The third-order valence-corrected chi connectivity index (χ3v) is 5.28. The Morgan fingerprint density at radius 2 is 1.89 bits per heavy atom. The summed E-state index contributed by atoms with van der Waals surface area (Å²) in [6.45, 7) is 4.09. The predicted molar refractivity (Wildman–Crippen MR) is 107 cm³/mol. The molecule has 0 unspecified atom stereocenters. The van der Waals surface area contributed by atoms with Crippen molar-refractivity contribution in [3.8, 4) is 5.69 Å². The van der Waals surface area contributed by atoms with Gasteiger partial charge in [-0.25, -0.2) is 0 Å². The summed E-state index contributed by atoms with van der Waals surface area (Å²) in [4.78, 5) is 12.3. The molecule has 1 heterocycles. The maximum absolute atomic E-state index is 12.3. The van der Waals surface area contributed by atoms with Crippen molar-refractivity contribution in [3.05, 3.63) is 64.7 Å². The first kappa shape index (κ1) is 19.4. The molecule has 0 saturated carbocycles. The van der Waals surface area contributed by atoms with E-state index >= 15 is 0 Å². The zero-order chi connectivity index (χ0) is 19.2. The fourth-order valence-electron chi connectivity index (χ4n) is 2.55. The van der Waals surface area contributed by atoms with Gasteiger partial charge in [0.05, 0.1) is 17.5 Å². The first-order chi connectivity index (χ1) is 13.1. The molecule has 1 amide bonds. The van der Waals surface area contributed by atoms with E-state index in [0.717, 1.165) is 17.7 Å². The zero-order valence-corrected chi connectivity index (χ0v) is 16.7. The van der Waals surface area contributed by atoms with Crippen LogP contribution in [-0.4, -0.2) is 31.9 Å². The molecule has 6 nitrogen and oxygen atoms in total. The van der Waals surface area contributed by atoms with Gasteiger partial charge in [0.15, 0.2) is 0 Å². The van der Waals surface area contributed by atoms with Crippen molar-refractivity contribution in [1.29, 1.82) is 0 Å². The van der Waals surface area contributed by atoms with Crippen LogP contribution in [0.5, 0.6) is 0 Å². The third kappa shape index (κ3) is 5.08. The van der Waals surface area contributed by atoms with Gasteiger partial charge < -0.3 is 5.32 Å². The van der Waals surface area contributed by atoms with E-state index in [1.807, 2.05) is 19.1 Å². The van der Waals surface area contributed by atoms with E-state index in [2.05, 4.69) is 52.0 Å². The monoisotopic (exact) mass is 401 g/mol. The van der Waals surface area contributed by atoms with Gasteiger partial charge in [0.1, 0.15) is 0 Å². The lowest BCUT2D eigenvalue weighted by atomic mass is 10.1. The zero-order valence-electron chi connectivity index (χ0n) is 15.1. The molecule has 2 aromatic carbocycles. The highest BCUT2D eigenvalue weighted by Gasteiger charge is 2.14. The van der Waals surface area contributed by atoms with Crippen molar-refractivity contribution < 1.29 is 4.79 Å². The van der Waals surface area contributed by atoms with Crippen LogP contribution in [-0.2, 0) is 11.2 Å². The number of tetrazole rings is 1. The number of thioether (sulfide) groups is 1. The Bertz CT molecular complexity index is 895. The van der Waals surface area contributed by atoms with Crippen LogP contribution in [0.1, 0.15) is 31.0 Å². The Hall–Kier alpha value is -2.38. The minimum absolute atomic E-state index is 0.0590. The van der Waals surface area contributed by atoms with Crippen LogP contribution in [0.3, 0.4) is 0 Å². The van der Waals surface area contributed by atoms with Gasteiger partial charge in [-0.1, -0.05) is 54.6 Å². The summed E-state index contributed by atoms with van der Waals surface area (Å²) in [6.07, 6.45) is 1.000. The predicted octanol–water partition coefficient (Wildman–Crippen LogP) is 3.85. The molecule has 0 saturated heterocycles. The maximum Gasteiger partial charge on any atom is 0.230 e. The van der Waals surface area contributed by atoms with Gasteiger partial charge in [0.25, 0.3) is 0 Å². The number of nitrogens with zero attached hydrogens (tertiary/aromatic N) is 4. The molecule has 27 heavy (non-hydrogen) atoms. The second kappa shape index (κ2) is 9.01. The molecule has 0 bridgehead atoms. The number of aryl methyl sites for hydroxylation is 1. The van der Waals surface area contributed by atoms with Crippen molar-refractivity contribution in [3.63, 3.8) is 0 Å². The van der Waals surface area contributed by atoms with Gasteiger partial charge in [-0.05, 0) is 59.2 Å². The van der Waals surface area contributed by atoms with Crippen LogP contribution in [0.15, 0.2) is 53.7 Å². The second-order valence-electron chi connectivity index (χ2n) is 6.02. The molecule has 0 aliphatic rings. The standard InChI is InChI=1S/C19H20ClN5OS/c1-3-14-4-6-15(7-5-14)13(2)21-18(26)12-27-19-22-23-24-25(19)17-10-8-16(20)9-11-17/h4-11,13H,3,12H2,1-2H3,(H,21,26)/t13-/m1/s1. The topological polar surface area (TPSA) is 72.7 Å². The van der Waals surface area contributed by atoms with Crippen LogP contribution >= 0.6 is 23.4 Å². The number of nitrogens with one attached hydrogen (secondary N) is 1. The first-order valence-corrected chi connectivity index (χ1v) is 9.98. The summed E-state index contributed by atoms with van der Waals surface area (Å²) in [5.41, 5.74) is 3.15. The number of hydrogen-bond donors (Lipinski definition) is 1. The minimum Gasteiger partial charge on any atom is -0.349 e. The fraction of sp³-hybridized carbons (Fsp3) is 0.263. The summed E-state index contributed by atoms with van der Waals surface area (Å²) in [6, 6.07) is 15.4. The van der Waals surface area contributed by atoms with Crippen LogP contribution in [0.25, 0.3) is 5.69 Å². The highest BCUT2D eigenvalue weighted by atomic mass is 35.5. The van der Waals surface area contributed by atoms with Crippen molar-refractivity contribution in [1.82, 2.24) is 25.5 Å². The molecule has 0 spiro atoms. The summed E-state index contributed by atoms with van der Waals surface area (Å²) in [5.74, 6) is 0.156. The van der Waals surface area contributed by atoms with E-state index in [1.54, 1.807) is 16.8 Å². The Kier molecular flexibility index (Phi) is 6.47. The molecule has 1 aromatic heterocycles. The van der Waals surface area contributed by atoms with E-state index in [4.69, 9.17) is 11.6 Å². The highest BCUT2D eigenvalue weighted by molar-refractivity contribution is 7.99. The number of aromatic nitrogens is 4. The molecule has 0 aliphatic heterocycles. The van der Waals surface area contributed by atoms with Crippen molar-refractivity contribution in [2.45, 2.75) is 31.5 Å². The lowest BCUT2D eigenvalue weighted by molar-refractivity contribution is -0.119. The smallest absolute Gasteiger partial charge is 0.230 e. The number of hydrogen-bond acceptors (Lipinski definition) is 5. The molecular formula is C19H20ClN5OS. The van der Waals surface area contributed by atoms with Crippen LogP contribution in [0, 0.1) is 0 Å². The van der Waals surface area contributed by atoms with E-state index < -0.39 is 0 Å². The van der Waals surface area contributed by atoms with E-state index in [0.29, 0.717) is 10.2 Å². The van der Waals surface area contributed by atoms with Gasteiger partial charge in [-0.3, -0.25) is 4.79 Å². The summed E-state index contributed by atoms with van der Waals surface area (Å²) < 4.78 is 1.58. The molecule has 3 rings (SSSR count). The number of benzene rings is 2. The van der Waals surface area contributed by atoms with Gasteiger partial charge in [0.2, 0.25) is 11.1 Å². The molecule has 0 radical (unpaired) electrons. The summed E-state index contributed by atoms with van der Waals surface area (Å²) in [5, 5.41) is 15.9. The summed E-state index contributed by atoms with van der Waals surface area (Å²) >= 11 is 7.20. The van der Waals surface area contributed by atoms with Crippen LogP contribution in [0.4, 0.5) is 0 Å². The first-order valence-electron chi connectivity index (χ1n) is 8.62. The largest absolute Gasteiger partial charge is 0.349 e. The minimum atomic E-state index is -0.0716. The number of halogens is 1. The molecule has 140 valence electrons. The van der Waals surface area contributed by atoms with Gasteiger partial charge in [0, 0.05) is 5.02 Å². The second-order valence-corrected chi connectivity index (χ2v) is 7.40. The van der Waals surface area contributed by atoms with Gasteiger partial charge in [-0.2, -0.15) is 4.68 Å². The maximum atomic E-state index is 12.3. The van der Waals surface area contributed by atoms with Crippen molar-refractivity contribution >= 4 is 29.3 Å². The van der Waals surface area contributed by atoms with Crippen LogP contribution in [0.2, 0.25) is 5.02 Å². The molecule has 1 N–H and O–H groups in total. The van der Waals surface area contributed by atoms with Crippen LogP contribution < -0.4 is 5.32 Å². The Morgan fingerprint density at radius 3 is 2.56 bits per heavy atom. The molecule has 1 atom stereocenters. The number of rotatable bonds is 7. The average molecular weight is 402 g/mol. The average Bonchev–Trinajstić information content (AvgIpc) is 3.15. The Labute approximate surface area is 167 Å². The highest BCUT2D eigenvalue weighted by Crippen LogP contribution is 2.20. The molecular weight excluding hydrogens is 382 g/mol.